The molecule has 1 aromatic rings. The highest BCUT2D eigenvalue weighted by atomic mass is 19.1. The van der Waals surface area contributed by atoms with Crippen LogP contribution in [-0.2, 0) is 4.74 Å². The number of amidine groups is 1. The topological polar surface area (TPSA) is 71.1 Å². The Morgan fingerprint density at radius 1 is 1.39 bits per heavy atom. The van der Waals surface area contributed by atoms with Gasteiger partial charge < -0.3 is 20.6 Å². The van der Waals surface area contributed by atoms with Crippen molar-refractivity contribution in [2.24, 2.45) is 10.9 Å². The Balaban J connectivity index is 2.23. The standard InChI is InChI=1S/C12H16FN3O2/c13-10-8-9(12(14)15-17)2-3-11(10)16-4-1-6-18-7-5-16/h2-3,8,17H,1,4-7H2,(H2,14,15). The summed E-state index contributed by atoms with van der Waals surface area (Å²) in [5, 5.41) is 11.4. The number of hydrogen-bond acceptors (Lipinski definition) is 4. The van der Waals surface area contributed by atoms with Crippen LogP contribution in [0.3, 0.4) is 0 Å². The molecular weight excluding hydrogens is 237 g/mol. The first-order chi connectivity index (χ1) is 8.72. The van der Waals surface area contributed by atoms with E-state index >= 15 is 0 Å². The molecule has 1 saturated heterocycles. The first kappa shape index (κ1) is 12.6. The summed E-state index contributed by atoms with van der Waals surface area (Å²) in [5.74, 6) is -0.472. The van der Waals surface area contributed by atoms with E-state index in [1.54, 1.807) is 12.1 Å². The zero-order chi connectivity index (χ0) is 13.0. The van der Waals surface area contributed by atoms with Gasteiger partial charge in [-0.05, 0) is 24.6 Å². The number of ether oxygens (including phenoxy) is 1. The molecule has 0 unspecified atom stereocenters. The van der Waals surface area contributed by atoms with Gasteiger partial charge in [-0.15, -0.1) is 0 Å². The molecule has 98 valence electrons. The SMILES string of the molecule is NC(=NO)c1ccc(N2CCCOCC2)c(F)c1. The lowest BCUT2D eigenvalue weighted by molar-refractivity contribution is 0.152. The predicted molar refractivity (Wildman–Crippen MR) is 66.6 cm³/mol. The predicted octanol–water partition coefficient (Wildman–Crippen LogP) is 1.15. The van der Waals surface area contributed by atoms with E-state index in [1.807, 2.05) is 4.90 Å². The van der Waals surface area contributed by atoms with Crippen LogP contribution in [-0.4, -0.2) is 37.3 Å². The number of halogens is 1. The molecule has 0 amide bonds. The van der Waals surface area contributed by atoms with Crippen LogP contribution in [0.1, 0.15) is 12.0 Å². The molecule has 0 radical (unpaired) electrons. The summed E-state index contributed by atoms with van der Waals surface area (Å²) < 4.78 is 19.3. The third kappa shape index (κ3) is 2.70. The first-order valence-electron chi connectivity index (χ1n) is 5.82. The van der Waals surface area contributed by atoms with Crippen LogP contribution in [0, 0.1) is 5.82 Å². The van der Waals surface area contributed by atoms with Crippen LogP contribution in [0.4, 0.5) is 10.1 Å². The molecule has 1 aliphatic heterocycles. The van der Waals surface area contributed by atoms with Crippen molar-refractivity contribution < 1.29 is 14.3 Å². The molecule has 0 atom stereocenters. The third-order valence-corrected chi connectivity index (χ3v) is 2.91. The quantitative estimate of drug-likeness (QED) is 0.359. The lowest BCUT2D eigenvalue weighted by atomic mass is 10.1. The van der Waals surface area contributed by atoms with Crippen molar-refractivity contribution >= 4 is 11.5 Å². The molecule has 0 aromatic heterocycles. The fourth-order valence-corrected chi connectivity index (χ4v) is 1.97. The van der Waals surface area contributed by atoms with Crippen molar-refractivity contribution in [1.82, 2.24) is 0 Å². The fourth-order valence-electron chi connectivity index (χ4n) is 1.97. The molecule has 0 saturated carbocycles. The molecule has 1 fully saturated rings. The van der Waals surface area contributed by atoms with Crippen molar-refractivity contribution in [3.05, 3.63) is 29.6 Å². The molecule has 18 heavy (non-hydrogen) atoms. The maximum atomic E-state index is 14.0. The molecule has 1 aliphatic rings. The molecule has 3 N–H and O–H groups in total. The van der Waals surface area contributed by atoms with E-state index in [-0.39, 0.29) is 11.7 Å². The maximum absolute atomic E-state index is 14.0. The minimum absolute atomic E-state index is 0.0975. The van der Waals surface area contributed by atoms with Gasteiger partial charge in [0.1, 0.15) is 5.82 Å². The van der Waals surface area contributed by atoms with Gasteiger partial charge in [0, 0.05) is 25.3 Å². The molecule has 0 bridgehead atoms. The molecule has 5 nitrogen and oxygen atoms in total. The van der Waals surface area contributed by atoms with Crippen LogP contribution in [0.2, 0.25) is 0 Å². The first-order valence-corrected chi connectivity index (χ1v) is 5.82. The van der Waals surface area contributed by atoms with Crippen LogP contribution in [0.15, 0.2) is 23.4 Å². The molecule has 6 heteroatoms. The molecular formula is C12H16FN3O2. The summed E-state index contributed by atoms with van der Waals surface area (Å²) in [4.78, 5) is 1.94. The number of nitrogens with zero attached hydrogens (tertiary/aromatic N) is 2. The van der Waals surface area contributed by atoms with Crippen molar-refractivity contribution in [2.45, 2.75) is 6.42 Å². The highest BCUT2D eigenvalue weighted by molar-refractivity contribution is 5.97. The number of benzene rings is 1. The van der Waals surface area contributed by atoms with E-state index < -0.39 is 0 Å². The van der Waals surface area contributed by atoms with Gasteiger partial charge in [0.05, 0.1) is 12.3 Å². The molecule has 1 aromatic carbocycles. The lowest BCUT2D eigenvalue weighted by Crippen LogP contribution is -2.27. The third-order valence-electron chi connectivity index (χ3n) is 2.91. The Hall–Kier alpha value is -1.82. The van der Waals surface area contributed by atoms with Gasteiger partial charge in [-0.3, -0.25) is 0 Å². The maximum Gasteiger partial charge on any atom is 0.170 e. The Morgan fingerprint density at radius 3 is 2.94 bits per heavy atom. The number of oxime groups is 1. The zero-order valence-electron chi connectivity index (χ0n) is 9.97. The van der Waals surface area contributed by atoms with Gasteiger partial charge >= 0.3 is 0 Å². The summed E-state index contributed by atoms with van der Waals surface area (Å²) >= 11 is 0. The van der Waals surface area contributed by atoms with E-state index in [9.17, 15) is 4.39 Å². The summed E-state index contributed by atoms with van der Waals surface area (Å²) in [6.07, 6.45) is 0.876. The fraction of sp³-hybridized carbons (Fsp3) is 0.417. The van der Waals surface area contributed by atoms with Gasteiger partial charge in [0.15, 0.2) is 5.84 Å². The smallest absolute Gasteiger partial charge is 0.170 e. The van der Waals surface area contributed by atoms with Crippen molar-refractivity contribution in [2.75, 3.05) is 31.2 Å². The van der Waals surface area contributed by atoms with Gasteiger partial charge in [-0.2, -0.15) is 0 Å². The lowest BCUT2D eigenvalue weighted by Gasteiger charge is -2.22. The minimum atomic E-state index is -0.374. The molecule has 2 rings (SSSR count). The summed E-state index contributed by atoms with van der Waals surface area (Å²) in [5.41, 5.74) is 6.31. The Kier molecular flexibility index (Phi) is 3.99. The van der Waals surface area contributed by atoms with Crippen LogP contribution >= 0.6 is 0 Å². The summed E-state index contributed by atoms with van der Waals surface area (Å²) in [7, 11) is 0. The number of anilines is 1. The Bertz CT molecular complexity index is 443. The molecule has 0 aliphatic carbocycles. The normalized spacial score (nSPS) is 17.6. The highest BCUT2D eigenvalue weighted by Gasteiger charge is 2.15. The molecule has 1 heterocycles. The number of nitrogens with two attached hydrogens (primary N) is 1. The average molecular weight is 253 g/mol. The minimum Gasteiger partial charge on any atom is -0.409 e. The van der Waals surface area contributed by atoms with Crippen LogP contribution in [0.5, 0.6) is 0 Å². The van der Waals surface area contributed by atoms with E-state index in [4.69, 9.17) is 15.7 Å². The zero-order valence-corrected chi connectivity index (χ0v) is 9.97. The van der Waals surface area contributed by atoms with Gasteiger partial charge in [0.2, 0.25) is 0 Å². The van der Waals surface area contributed by atoms with E-state index in [0.717, 1.165) is 13.0 Å². The van der Waals surface area contributed by atoms with Gasteiger partial charge in [-0.1, -0.05) is 5.16 Å². The summed E-state index contributed by atoms with van der Waals surface area (Å²) in [6, 6.07) is 4.56. The van der Waals surface area contributed by atoms with Crippen molar-refractivity contribution in [3.8, 4) is 0 Å². The highest BCUT2D eigenvalue weighted by Crippen LogP contribution is 2.21. The summed E-state index contributed by atoms with van der Waals surface area (Å²) in [6.45, 7) is 2.74. The second-order valence-electron chi connectivity index (χ2n) is 4.10. The van der Waals surface area contributed by atoms with Crippen molar-refractivity contribution in [3.63, 3.8) is 0 Å². The number of hydrogen-bond donors (Lipinski definition) is 2. The molecule has 0 spiro atoms. The van der Waals surface area contributed by atoms with Gasteiger partial charge in [0.25, 0.3) is 0 Å². The van der Waals surface area contributed by atoms with Crippen molar-refractivity contribution in [1.29, 1.82) is 0 Å². The largest absolute Gasteiger partial charge is 0.409 e. The van der Waals surface area contributed by atoms with Crippen LogP contribution < -0.4 is 10.6 Å². The van der Waals surface area contributed by atoms with E-state index in [1.165, 1.54) is 6.07 Å². The Morgan fingerprint density at radius 2 is 2.22 bits per heavy atom. The second kappa shape index (κ2) is 5.68. The average Bonchev–Trinajstić information content (AvgIpc) is 2.66. The van der Waals surface area contributed by atoms with Gasteiger partial charge in [-0.25, -0.2) is 4.39 Å². The Labute approximate surface area is 105 Å². The van der Waals surface area contributed by atoms with E-state index in [0.29, 0.717) is 31.0 Å². The number of rotatable bonds is 2. The second-order valence-corrected chi connectivity index (χ2v) is 4.10. The monoisotopic (exact) mass is 253 g/mol. The van der Waals surface area contributed by atoms with E-state index in [2.05, 4.69) is 5.16 Å². The van der Waals surface area contributed by atoms with Crippen LogP contribution in [0.25, 0.3) is 0 Å².